The molecule has 0 saturated carbocycles. The van der Waals surface area contributed by atoms with Crippen LogP contribution in [0, 0.1) is 0 Å². The Morgan fingerprint density at radius 3 is 1.23 bits per heavy atom. The predicted molar refractivity (Wildman–Crippen MR) is 261 cm³/mol. The molecule has 0 rings (SSSR count). The summed E-state index contributed by atoms with van der Waals surface area (Å²) in [5.74, 6) is -1.53. The molecule has 0 aromatic carbocycles. The first kappa shape index (κ1) is 61.2. The maximum Gasteiger partial charge on any atom is 0.472 e. The number of unbranched alkanes of at least 4 members (excludes halogenated alkanes) is 19. The lowest BCUT2D eigenvalue weighted by Crippen LogP contribution is -2.30. The van der Waals surface area contributed by atoms with Gasteiger partial charge in [0.1, 0.15) is 12.7 Å². The van der Waals surface area contributed by atoms with Crippen molar-refractivity contribution in [1.29, 1.82) is 0 Å². The van der Waals surface area contributed by atoms with Crippen molar-refractivity contribution in [3.8, 4) is 0 Å². The summed E-state index contributed by atoms with van der Waals surface area (Å²) in [4.78, 5) is 48.1. The highest BCUT2D eigenvalue weighted by Crippen LogP contribution is 2.43. The molecule has 11 nitrogen and oxygen atoms in total. The molecule has 0 fully saturated rings. The average molecular weight is 923 g/mol. The number of hydrogen-bond acceptors (Lipinski definition) is 10. The van der Waals surface area contributed by atoms with E-state index in [0.29, 0.717) is 25.7 Å². The topological polar surface area (TPSA) is 155 Å². The second-order valence-corrected chi connectivity index (χ2v) is 18.1. The van der Waals surface area contributed by atoms with E-state index >= 15 is 0 Å². The maximum atomic E-state index is 12.8. The highest BCUT2D eigenvalue weighted by Gasteiger charge is 2.28. The number of phosphoric ester groups is 1. The van der Waals surface area contributed by atoms with E-state index in [1.54, 1.807) is 0 Å². The van der Waals surface area contributed by atoms with Crippen molar-refractivity contribution in [2.24, 2.45) is 0 Å². The Hall–Kier alpha value is -2.82. The molecule has 3 atom stereocenters. The second kappa shape index (κ2) is 46.7. The van der Waals surface area contributed by atoms with Gasteiger partial charge in [-0.15, -0.1) is 0 Å². The largest absolute Gasteiger partial charge is 0.472 e. The molecule has 0 aliphatic rings. The molecular formula is C52H91O11P. The summed E-state index contributed by atoms with van der Waals surface area (Å²) < 4.78 is 39.2. The van der Waals surface area contributed by atoms with Gasteiger partial charge in [-0.05, 0) is 57.8 Å². The molecule has 0 aromatic rings. The summed E-state index contributed by atoms with van der Waals surface area (Å²) in [6, 6.07) is 0. The van der Waals surface area contributed by atoms with Gasteiger partial charge in [0.2, 0.25) is 0 Å². The van der Waals surface area contributed by atoms with Gasteiger partial charge >= 0.3 is 25.7 Å². The van der Waals surface area contributed by atoms with Gasteiger partial charge in [0.15, 0.2) is 6.10 Å². The summed E-state index contributed by atoms with van der Waals surface area (Å²) in [7, 11) is -4.74. The van der Waals surface area contributed by atoms with E-state index < -0.39 is 57.8 Å². The average Bonchev–Trinajstić information content (AvgIpc) is 3.28. The fourth-order valence-corrected chi connectivity index (χ4v) is 7.41. The molecule has 0 heterocycles. The molecule has 0 aliphatic carbocycles. The van der Waals surface area contributed by atoms with Crippen LogP contribution in [0.3, 0.4) is 0 Å². The van der Waals surface area contributed by atoms with Crippen molar-refractivity contribution in [3.63, 3.8) is 0 Å². The number of ether oxygens (including phenoxy) is 3. The molecule has 0 spiro atoms. The van der Waals surface area contributed by atoms with Crippen LogP contribution < -0.4 is 0 Å². The van der Waals surface area contributed by atoms with Crippen LogP contribution in [0.25, 0.3) is 0 Å². The van der Waals surface area contributed by atoms with Crippen LogP contribution in [0.5, 0.6) is 0 Å². The third kappa shape index (κ3) is 44.4. The molecule has 0 bridgehead atoms. The van der Waals surface area contributed by atoms with E-state index in [-0.39, 0.29) is 25.9 Å². The van der Waals surface area contributed by atoms with Crippen LogP contribution in [0.2, 0.25) is 0 Å². The number of hydrogen-bond donors (Lipinski definition) is 2. The van der Waals surface area contributed by atoms with Crippen molar-refractivity contribution < 1.29 is 52.2 Å². The van der Waals surface area contributed by atoms with Crippen molar-refractivity contribution in [2.45, 2.75) is 226 Å². The zero-order valence-electron chi connectivity index (χ0n) is 40.5. The van der Waals surface area contributed by atoms with Crippen molar-refractivity contribution in [1.82, 2.24) is 0 Å². The Balaban J connectivity index is 4.81. The first-order chi connectivity index (χ1) is 31.2. The van der Waals surface area contributed by atoms with E-state index in [9.17, 15) is 28.9 Å². The van der Waals surface area contributed by atoms with Crippen LogP contribution in [0.4, 0.5) is 0 Å². The molecule has 0 aromatic heterocycles. The van der Waals surface area contributed by atoms with E-state index in [1.807, 2.05) is 6.08 Å². The fourth-order valence-electron chi connectivity index (χ4n) is 6.63. The quantitative estimate of drug-likeness (QED) is 0.0197. The van der Waals surface area contributed by atoms with Crippen LogP contribution in [0.1, 0.15) is 213 Å². The summed E-state index contributed by atoms with van der Waals surface area (Å²) >= 11 is 0. The van der Waals surface area contributed by atoms with Gasteiger partial charge in [-0.1, -0.05) is 197 Å². The Kier molecular flexibility index (Phi) is 44.6. The Labute approximate surface area is 389 Å². The number of carbonyl (C=O) groups excluding carboxylic acids is 3. The molecule has 2 N–H and O–H groups in total. The van der Waals surface area contributed by atoms with Crippen LogP contribution in [0.15, 0.2) is 60.8 Å². The smallest absolute Gasteiger partial charge is 0.462 e. The molecule has 3 unspecified atom stereocenters. The first-order valence-electron chi connectivity index (χ1n) is 25.2. The van der Waals surface area contributed by atoms with Gasteiger partial charge in [0.25, 0.3) is 0 Å². The van der Waals surface area contributed by atoms with Crippen LogP contribution in [-0.2, 0) is 42.2 Å². The highest BCUT2D eigenvalue weighted by molar-refractivity contribution is 7.47. The van der Waals surface area contributed by atoms with E-state index in [0.717, 1.165) is 70.6 Å². The Bertz CT molecular complexity index is 1310. The lowest BCUT2D eigenvalue weighted by atomic mass is 10.1. The van der Waals surface area contributed by atoms with Gasteiger partial charge in [-0.2, -0.15) is 0 Å². The molecule has 0 aliphatic heterocycles. The maximum absolute atomic E-state index is 12.8. The van der Waals surface area contributed by atoms with Crippen molar-refractivity contribution in [3.05, 3.63) is 60.8 Å². The Morgan fingerprint density at radius 2 is 0.812 bits per heavy atom. The predicted octanol–water partition coefficient (Wildman–Crippen LogP) is 14.0. The fraction of sp³-hybridized carbons (Fsp3) is 0.750. The molecule has 0 radical (unpaired) electrons. The molecular weight excluding hydrogens is 832 g/mol. The van der Waals surface area contributed by atoms with Gasteiger partial charge in [-0.3, -0.25) is 23.4 Å². The zero-order valence-corrected chi connectivity index (χ0v) is 41.4. The normalized spacial score (nSPS) is 14.0. The zero-order chi connectivity index (χ0) is 47.0. The van der Waals surface area contributed by atoms with Crippen molar-refractivity contribution >= 4 is 25.7 Å². The lowest BCUT2D eigenvalue weighted by molar-refractivity contribution is -0.161. The molecule has 370 valence electrons. The second-order valence-electron chi connectivity index (χ2n) is 16.6. The lowest BCUT2D eigenvalue weighted by Gasteiger charge is -2.21. The third-order valence-electron chi connectivity index (χ3n) is 10.5. The van der Waals surface area contributed by atoms with Gasteiger partial charge < -0.3 is 24.2 Å². The number of allylic oxidation sites excluding steroid dienone is 10. The summed E-state index contributed by atoms with van der Waals surface area (Å²) in [5.41, 5.74) is 0. The summed E-state index contributed by atoms with van der Waals surface area (Å²) in [6.07, 6.45) is 47.8. The number of carbonyl (C=O) groups is 3. The first-order valence-corrected chi connectivity index (χ1v) is 26.7. The minimum absolute atomic E-state index is 0.149. The van der Waals surface area contributed by atoms with Crippen molar-refractivity contribution in [2.75, 3.05) is 26.4 Å². The number of rotatable bonds is 46. The van der Waals surface area contributed by atoms with E-state index in [2.05, 4.69) is 75.5 Å². The van der Waals surface area contributed by atoms with Gasteiger partial charge in [-0.25, -0.2) is 4.57 Å². The van der Waals surface area contributed by atoms with E-state index in [1.165, 1.54) is 77.0 Å². The van der Waals surface area contributed by atoms with Crippen LogP contribution in [-0.4, -0.2) is 66.5 Å². The molecule has 12 heteroatoms. The number of esters is 3. The number of aliphatic hydroxyl groups is 1. The van der Waals surface area contributed by atoms with Gasteiger partial charge in [0.05, 0.1) is 19.8 Å². The minimum atomic E-state index is -4.74. The summed E-state index contributed by atoms with van der Waals surface area (Å²) in [5, 5.41) is 9.73. The van der Waals surface area contributed by atoms with Crippen LogP contribution >= 0.6 is 7.82 Å². The summed E-state index contributed by atoms with van der Waals surface area (Å²) in [6.45, 7) is 4.42. The minimum Gasteiger partial charge on any atom is -0.462 e. The molecule has 64 heavy (non-hydrogen) atoms. The Morgan fingerprint density at radius 1 is 0.453 bits per heavy atom. The third-order valence-corrected chi connectivity index (χ3v) is 11.4. The number of phosphoric acid groups is 1. The highest BCUT2D eigenvalue weighted by atomic mass is 31.2. The van der Waals surface area contributed by atoms with E-state index in [4.69, 9.17) is 23.3 Å². The molecule has 0 saturated heterocycles. The molecule has 0 amide bonds. The number of aliphatic hydroxyl groups excluding tert-OH is 1. The monoisotopic (exact) mass is 923 g/mol. The standard InChI is InChI=1S/C52H91O11P/c1-4-7-10-13-16-19-21-22-23-24-25-26-28-30-32-35-38-41-50(54)59-45-49(63-52(56)43-40-37-34-31-27-20-17-14-11-8-5-2)47-61-64(57,58)60-46-48(44-53)62-51(55)42-39-36-33-29-18-15-12-9-6-3/h7,10,16,19,22-23,25-26,30,32,48-49,53H,4-6,8-9,11-15,17-18,20-21,24,27-29,31,33-47H2,1-3H3,(H,57,58)/b10-7-,19-16-,23-22-,26-25-,32-30-. The van der Waals surface area contributed by atoms with Gasteiger partial charge in [0, 0.05) is 19.3 Å². The SMILES string of the molecule is CC/C=C\C/C=C\C/C=C\C/C=C\C/C=C\CCCC(=O)OCC(COP(=O)(O)OCC(CO)OC(=O)CCCCCCCCCCC)OC(=O)CCCCCCCCCCCCC.